The predicted octanol–water partition coefficient (Wildman–Crippen LogP) is 5.68. The number of hydrogen-bond acceptors (Lipinski definition) is 4. The van der Waals surface area contributed by atoms with E-state index in [4.69, 9.17) is 0 Å². The summed E-state index contributed by atoms with van der Waals surface area (Å²) in [6.45, 7) is 0. The lowest BCUT2D eigenvalue weighted by molar-refractivity contribution is 0.469. The molecule has 6 nitrogen and oxygen atoms in total. The average molecular weight is 421 g/mol. The molecule has 4 aromatic heterocycles. The van der Waals surface area contributed by atoms with Gasteiger partial charge in [-0.3, -0.25) is 15.1 Å². The van der Waals surface area contributed by atoms with E-state index in [1.54, 1.807) is 18.6 Å². The molecule has 0 aliphatic carbocycles. The van der Waals surface area contributed by atoms with Crippen molar-refractivity contribution in [2.24, 2.45) is 0 Å². The second kappa shape index (κ2) is 7.02. The molecule has 0 aliphatic heterocycles. The van der Waals surface area contributed by atoms with Gasteiger partial charge < -0.3 is 10.1 Å². The van der Waals surface area contributed by atoms with Crippen LogP contribution in [0.1, 0.15) is 0 Å². The molecule has 4 heterocycles. The summed E-state index contributed by atoms with van der Waals surface area (Å²) in [5.41, 5.74) is 6.63. The Bertz CT molecular complexity index is 1580. The van der Waals surface area contributed by atoms with Crippen molar-refractivity contribution in [2.45, 2.75) is 0 Å². The highest BCUT2D eigenvalue weighted by Gasteiger charge is 2.15. The monoisotopic (exact) mass is 421 g/mol. The first-order valence-electron chi connectivity index (χ1n) is 10.0. The molecule has 0 radical (unpaired) electrons. The van der Waals surface area contributed by atoms with Crippen LogP contribution in [0.15, 0.2) is 79.4 Å². The third kappa shape index (κ3) is 2.99. The van der Waals surface area contributed by atoms with Crippen LogP contribution in [0.25, 0.3) is 55.4 Å². The van der Waals surface area contributed by atoms with Gasteiger partial charge in [0, 0.05) is 46.6 Å². The lowest BCUT2D eigenvalue weighted by Crippen LogP contribution is -1.84. The second-order valence-corrected chi connectivity index (χ2v) is 7.60. The van der Waals surface area contributed by atoms with Gasteiger partial charge in [-0.15, -0.1) is 0 Å². The number of H-pyrrole nitrogens is 2. The molecule has 0 atom stereocenters. The summed E-state index contributed by atoms with van der Waals surface area (Å²) in [6.07, 6.45) is 6.96. The number of hydrogen-bond donors (Lipinski definition) is 3. The van der Waals surface area contributed by atoms with Gasteiger partial charge in [0.2, 0.25) is 0 Å². The fraction of sp³-hybridized carbons (Fsp3) is 0. The van der Waals surface area contributed by atoms with Crippen LogP contribution in [0.5, 0.6) is 5.75 Å². The van der Waals surface area contributed by atoms with Crippen molar-refractivity contribution >= 4 is 21.8 Å². The summed E-state index contributed by atoms with van der Waals surface area (Å²) < 4.78 is 13.9. The maximum atomic E-state index is 13.9. The maximum absolute atomic E-state index is 13.9. The summed E-state index contributed by atoms with van der Waals surface area (Å²) in [6, 6.07) is 16.0. The molecule has 0 bridgehead atoms. The van der Waals surface area contributed by atoms with Gasteiger partial charge >= 0.3 is 0 Å². The maximum Gasteiger partial charge on any atom is 0.127 e. The van der Waals surface area contributed by atoms with E-state index in [0.717, 1.165) is 56.0 Å². The number of pyridine rings is 2. The van der Waals surface area contributed by atoms with Gasteiger partial charge in [0.25, 0.3) is 0 Å². The van der Waals surface area contributed by atoms with Gasteiger partial charge in [-0.1, -0.05) is 12.1 Å². The van der Waals surface area contributed by atoms with Crippen LogP contribution in [0.2, 0.25) is 0 Å². The SMILES string of the molecule is Oc1cc(F)cc(-c2cncc3[nH]c(-c4n[nH]c5ccc(-c6cccnc6)cc45)cc23)c1. The van der Waals surface area contributed by atoms with Crippen molar-refractivity contribution in [1.82, 2.24) is 25.1 Å². The molecule has 7 heteroatoms. The Kier molecular flexibility index (Phi) is 4.01. The van der Waals surface area contributed by atoms with Gasteiger partial charge in [0.05, 0.1) is 22.9 Å². The van der Waals surface area contributed by atoms with Gasteiger partial charge in [-0.25, -0.2) is 4.39 Å². The number of halogens is 1. The van der Waals surface area contributed by atoms with E-state index in [0.29, 0.717) is 5.56 Å². The van der Waals surface area contributed by atoms with E-state index < -0.39 is 5.82 Å². The van der Waals surface area contributed by atoms with Crippen molar-refractivity contribution in [1.29, 1.82) is 0 Å². The highest BCUT2D eigenvalue weighted by atomic mass is 19.1. The first-order chi connectivity index (χ1) is 15.7. The first-order valence-corrected chi connectivity index (χ1v) is 10.0. The lowest BCUT2D eigenvalue weighted by atomic mass is 10.0. The third-order valence-electron chi connectivity index (χ3n) is 5.55. The highest BCUT2D eigenvalue weighted by Crippen LogP contribution is 2.35. The topological polar surface area (TPSA) is 90.5 Å². The number of phenols is 1. The molecule has 32 heavy (non-hydrogen) atoms. The molecule has 0 aliphatic rings. The Labute approximate surface area is 181 Å². The van der Waals surface area contributed by atoms with Crippen LogP contribution < -0.4 is 0 Å². The summed E-state index contributed by atoms with van der Waals surface area (Å²) in [5.74, 6) is -0.636. The number of benzene rings is 2. The van der Waals surface area contributed by atoms with Crippen LogP contribution in [-0.4, -0.2) is 30.3 Å². The largest absolute Gasteiger partial charge is 0.508 e. The molecule has 3 N–H and O–H groups in total. The van der Waals surface area contributed by atoms with Crippen LogP contribution in [0.4, 0.5) is 4.39 Å². The quantitative estimate of drug-likeness (QED) is 0.343. The molecule has 0 amide bonds. The molecule has 154 valence electrons. The molecule has 6 aromatic rings. The Morgan fingerprint density at radius 3 is 2.56 bits per heavy atom. The number of fused-ring (bicyclic) bond motifs is 2. The summed E-state index contributed by atoms with van der Waals surface area (Å²) in [4.78, 5) is 11.9. The molecule has 0 saturated carbocycles. The number of aromatic hydroxyl groups is 1. The van der Waals surface area contributed by atoms with Gasteiger partial charge in [0.15, 0.2) is 0 Å². The molecule has 6 rings (SSSR count). The molecule has 0 fully saturated rings. The molecule has 0 saturated heterocycles. The van der Waals surface area contributed by atoms with E-state index in [2.05, 4.69) is 31.2 Å². The van der Waals surface area contributed by atoms with Crippen LogP contribution in [0, 0.1) is 5.82 Å². The summed E-state index contributed by atoms with van der Waals surface area (Å²) in [7, 11) is 0. The van der Waals surface area contributed by atoms with E-state index in [1.165, 1.54) is 12.1 Å². The Balaban J connectivity index is 1.52. The standard InChI is InChI=1S/C25H16FN5O/c26-17-6-16(7-18(32)9-17)21-12-28-13-24-19(21)10-23(29-24)25-20-8-14(3-4-22(20)30-31-25)15-2-1-5-27-11-15/h1-13,29,32H,(H,30,31). The molecule has 0 spiro atoms. The minimum absolute atomic E-state index is 0.131. The smallest absolute Gasteiger partial charge is 0.127 e. The third-order valence-corrected chi connectivity index (χ3v) is 5.55. The number of nitrogens with one attached hydrogen (secondary N) is 2. The number of aromatic nitrogens is 5. The molecule has 2 aromatic carbocycles. The number of nitrogens with zero attached hydrogens (tertiary/aromatic N) is 3. The van der Waals surface area contributed by atoms with E-state index in [-0.39, 0.29) is 5.75 Å². The van der Waals surface area contributed by atoms with Crippen LogP contribution in [0.3, 0.4) is 0 Å². The lowest BCUT2D eigenvalue weighted by Gasteiger charge is -2.04. The Morgan fingerprint density at radius 1 is 0.781 bits per heavy atom. The van der Waals surface area contributed by atoms with Crippen molar-refractivity contribution in [2.75, 3.05) is 0 Å². The Morgan fingerprint density at radius 2 is 1.72 bits per heavy atom. The fourth-order valence-corrected chi connectivity index (χ4v) is 4.07. The predicted molar refractivity (Wildman–Crippen MR) is 121 cm³/mol. The Hall–Kier alpha value is -4.52. The van der Waals surface area contributed by atoms with Gasteiger partial charge in [-0.2, -0.15) is 5.10 Å². The number of aromatic amines is 2. The van der Waals surface area contributed by atoms with Crippen molar-refractivity contribution in [3.05, 3.63) is 85.2 Å². The average Bonchev–Trinajstić information content (AvgIpc) is 3.42. The van der Waals surface area contributed by atoms with E-state index in [9.17, 15) is 9.50 Å². The first kappa shape index (κ1) is 18.3. The minimum atomic E-state index is -0.506. The minimum Gasteiger partial charge on any atom is -0.508 e. The summed E-state index contributed by atoms with van der Waals surface area (Å²) in [5, 5.41) is 19.3. The van der Waals surface area contributed by atoms with Gasteiger partial charge in [-0.05, 0) is 47.5 Å². The summed E-state index contributed by atoms with van der Waals surface area (Å²) >= 11 is 0. The number of phenolic OH excluding ortho intramolecular Hbond substituents is 1. The zero-order chi connectivity index (χ0) is 21.7. The molecular formula is C25H16FN5O. The highest BCUT2D eigenvalue weighted by molar-refractivity contribution is 6.01. The van der Waals surface area contributed by atoms with Crippen molar-refractivity contribution < 1.29 is 9.50 Å². The normalized spacial score (nSPS) is 11.4. The van der Waals surface area contributed by atoms with Crippen molar-refractivity contribution in [3.63, 3.8) is 0 Å². The number of rotatable bonds is 3. The molecular weight excluding hydrogens is 405 g/mol. The molecule has 0 unspecified atom stereocenters. The zero-order valence-electron chi connectivity index (χ0n) is 16.7. The van der Waals surface area contributed by atoms with Crippen molar-refractivity contribution in [3.8, 4) is 39.4 Å². The zero-order valence-corrected chi connectivity index (χ0v) is 16.7. The van der Waals surface area contributed by atoms with E-state index in [1.807, 2.05) is 36.5 Å². The van der Waals surface area contributed by atoms with E-state index >= 15 is 0 Å². The second-order valence-electron chi connectivity index (χ2n) is 7.60. The van der Waals surface area contributed by atoms with Gasteiger partial charge in [0.1, 0.15) is 17.3 Å². The van der Waals surface area contributed by atoms with Crippen LogP contribution >= 0.6 is 0 Å². The van der Waals surface area contributed by atoms with Crippen LogP contribution in [-0.2, 0) is 0 Å². The fourth-order valence-electron chi connectivity index (χ4n) is 4.07.